The standard InChI is InChI=1S/C15H19BrN2O/c1-10-8-12(4-5-13(10)16)9-14-11(2)18(3)15(17-14)6-7-19/h4-5,8,19H,6-7,9H2,1-3H3. The molecule has 0 saturated carbocycles. The summed E-state index contributed by atoms with van der Waals surface area (Å²) in [5.41, 5.74) is 4.76. The highest BCUT2D eigenvalue weighted by atomic mass is 79.9. The van der Waals surface area contributed by atoms with E-state index >= 15 is 0 Å². The van der Waals surface area contributed by atoms with Crippen molar-refractivity contribution in [3.8, 4) is 0 Å². The van der Waals surface area contributed by atoms with Gasteiger partial charge >= 0.3 is 0 Å². The molecule has 3 nitrogen and oxygen atoms in total. The monoisotopic (exact) mass is 322 g/mol. The Bertz CT molecular complexity index is 590. The fraction of sp³-hybridized carbons (Fsp3) is 0.400. The highest BCUT2D eigenvalue weighted by molar-refractivity contribution is 9.10. The van der Waals surface area contributed by atoms with Gasteiger partial charge in [-0.2, -0.15) is 0 Å². The van der Waals surface area contributed by atoms with Crippen molar-refractivity contribution in [1.29, 1.82) is 0 Å². The molecule has 0 aliphatic heterocycles. The normalized spacial score (nSPS) is 11.0. The van der Waals surface area contributed by atoms with Crippen molar-refractivity contribution in [1.82, 2.24) is 9.55 Å². The lowest BCUT2D eigenvalue weighted by molar-refractivity contribution is 0.295. The highest BCUT2D eigenvalue weighted by Gasteiger charge is 2.11. The first-order valence-electron chi connectivity index (χ1n) is 6.40. The van der Waals surface area contributed by atoms with Crippen molar-refractivity contribution in [2.75, 3.05) is 6.61 Å². The van der Waals surface area contributed by atoms with E-state index in [1.165, 1.54) is 16.8 Å². The summed E-state index contributed by atoms with van der Waals surface area (Å²) in [6.07, 6.45) is 1.44. The Morgan fingerprint density at radius 1 is 1.32 bits per heavy atom. The van der Waals surface area contributed by atoms with Gasteiger partial charge in [-0.3, -0.25) is 0 Å². The molecule has 19 heavy (non-hydrogen) atoms. The average molecular weight is 323 g/mol. The van der Waals surface area contributed by atoms with E-state index in [0.717, 1.165) is 22.4 Å². The van der Waals surface area contributed by atoms with Gasteiger partial charge in [-0.05, 0) is 31.0 Å². The van der Waals surface area contributed by atoms with Gasteiger partial charge in [0.25, 0.3) is 0 Å². The second kappa shape index (κ2) is 5.88. The molecule has 1 aromatic heterocycles. The van der Waals surface area contributed by atoms with E-state index in [4.69, 9.17) is 5.11 Å². The van der Waals surface area contributed by atoms with Gasteiger partial charge in [-0.25, -0.2) is 4.98 Å². The van der Waals surface area contributed by atoms with E-state index in [1.54, 1.807) is 0 Å². The first-order chi connectivity index (χ1) is 9.02. The van der Waals surface area contributed by atoms with E-state index < -0.39 is 0 Å². The molecule has 0 amide bonds. The predicted molar refractivity (Wildman–Crippen MR) is 80.4 cm³/mol. The van der Waals surface area contributed by atoms with E-state index in [2.05, 4.69) is 57.5 Å². The zero-order chi connectivity index (χ0) is 14.0. The number of hydrogen-bond donors (Lipinski definition) is 1. The van der Waals surface area contributed by atoms with Crippen LogP contribution in [-0.4, -0.2) is 21.3 Å². The number of aromatic nitrogens is 2. The maximum atomic E-state index is 9.04. The summed E-state index contributed by atoms with van der Waals surface area (Å²) in [6.45, 7) is 4.31. The number of hydrogen-bond acceptors (Lipinski definition) is 2. The molecular formula is C15H19BrN2O. The zero-order valence-corrected chi connectivity index (χ0v) is 13.2. The van der Waals surface area contributed by atoms with Gasteiger partial charge in [-0.1, -0.05) is 28.1 Å². The van der Waals surface area contributed by atoms with Crippen LogP contribution < -0.4 is 0 Å². The number of aryl methyl sites for hydroxylation is 1. The van der Waals surface area contributed by atoms with Gasteiger partial charge in [0, 0.05) is 30.1 Å². The third kappa shape index (κ3) is 3.07. The molecule has 4 heteroatoms. The third-order valence-corrected chi connectivity index (χ3v) is 4.39. The van der Waals surface area contributed by atoms with Gasteiger partial charge in [-0.15, -0.1) is 0 Å². The summed E-state index contributed by atoms with van der Waals surface area (Å²) in [5, 5.41) is 9.04. The molecule has 0 bridgehead atoms. The molecule has 1 N–H and O–H groups in total. The van der Waals surface area contributed by atoms with Crippen LogP contribution in [0.5, 0.6) is 0 Å². The highest BCUT2D eigenvalue weighted by Crippen LogP contribution is 2.20. The molecule has 0 aliphatic rings. The lowest BCUT2D eigenvalue weighted by Crippen LogP contribution is -2.01. The predicted octanol–water partition coefficient (Wildman–Crippen LogP) is 2.93. The first kappa shape index (κ1) is 14.3. The minimum Gasteiger partial charge on any atom is -0.396 e. The molecule has 2 aromatic rings. The summed E-state index contributed by atoms with van der Waals surface area (Å²) < 4.78 is 3.20. The Morgan fingerprint density at radius 3 is 2.68 bits per heavy atom. The van der Waals surface area contributed by atoms with Gasteiger partial charge in [0.15, 0.2) is 0 Å². The van der Waals surface area contributed by atoms with E-state index in [9.17, 15) is 0 Å². The van der Waals surface area contributed by atoms with Crippen LogP contribution in [0.25, 0.3) is 0 Å². The maximum absolute atomic E-state index is 9.04. The van der Waals surface area contributed by atoms with Crippen LogP contribution >= 0.6 is 15.9 Å². The number of aliphatic hydroxyl groups excluding tert-OH is 1. The van der Waals surface area contributed by atoms with Crippen LogP contribution in [0.2, 0.25) is 0 Å². The SMILES string of the molecule is Cc1cc(Cc2nc(CCO)n(C)c2C)ccc1Br. The molecule has 0 radical (unpaired) electrons. The lowest BCUT2D eigenvalue weighted by Gasteiger charge is -2.04. The van der Waals surface area contributed by atoms with E-state index in [1.807, 2.05) is 7.05 Å². The molecule has 1 heterocycles. The molecule has 102 valence electrons. The van der Waals surface area contributed by atoms with Crippen LogP contribution in [0.3, 0.4) is 0 Å². The number of imidazole rings is 1. The van der Waals surface area contributed by atoms with Crippen LogP contribution in [0.15, 0.2) is 22.7 Å². The summed E-state index contributed by atoms with van der Waals surface area (Å²) in [7, 11) is 2.00. The quantitative estimate of drug-likeness (QED) is 0.939. The van der Waals surface area contributed by atoms with Crippen molar-refractivity contribution < 1.29 is 5.11 Å². The molecule has 2 rings (SSSR count). The number of aliphatic hydroxyl groups is 1. The molecule has 0 atom stereocenters. The largest absolute Gasteiger partial charge is 0.396 e. The Labute approximate surface area is 122 Å². The molecule has 0 saturated heterocycles. The molecular weight excluding hydrogens is 304 g/mol. The van der Waals surface area contributed by atoms with Crippen molar-refractivity contribution in [3.63, 3.8) is 0 Å². The van der Waals surface area contributed by atoms with Crippen molar-refractivity contribution in [2.24, 2.45) is 7.05 Å². The molecule has 0 aliphatic carbocycles. The van der Waals surface area contributed by atoms with E-state index in [0.29, 0.717) is 6.42 Å². The van der Waals surface area contributed by atoms with Gasteiger partial charge in [0.2, 0.25) is 0 Å². The lowest BCUT2D eigenvalue weighted by atomic mass is 10.1. The second-order valence-electron chi connectivity index (χ2n) is 4.85. The smallest absolute Gasteiger partial charge is 0.111 e. The van der Waals surface area contributed by atoms with Crippen molar-refractivity contribution in [3.05, 3.63) is 51.0 Å². The second-order valence-corrected chi connectivity index (χ2v) is 5.71. The summed E-state index contributed by atoms with van der Waals surface area (Å²) >= 11 is 3.52. The Kier molecular flexibility index (Phi) is 4.42. The molecule has 1 aromatic carbocycles. The molecule has 0 fully saturated rings. The van der Waals surface area contributed by atoms with Gasteiger partial charge < -0.3 is 9.67 Å². The Morgan fingerprint density at radius 2 is 2.05 bits per heavy atom. The summed E-state index contributed by atoms with van der Waals surface area (Å²) in [4.78, 5) is 4.64. The van der Waals surface area contributed by atoms with Crippen molar-refractivity contribution in [2.45, 2.75) is 26.7 Å². The average Bonchev–Trinajstić information content (AvgIpc) is 2.63. The van der Waals surface area contributed by atoms with Gasteiger partial charge in [0.1, 0.15) is 5.82 Å². The number of halogens is 1. The van der Waals surface area contributed by atoms with Crippen molar-refractivity contribution >= 4 is 15.9 Å². The maximum Gasteiger partial charge on any atom is 0.111 e. The van der Waals surface area contributed by atoms with Crippen LogP contribution in [-0.2, 0) is 19.9 Å². The Balaban J connectivity index is 2.27. The number of benzene rings is 1. The first-order valence-corrected chi connectivity index (χ1v) is 7.19. The Hall–Kier alpha value is -1.13. The minimum atomic E-state index is 0.140. The number of nitrogens with zero attached hydrogens (tertiary/aromatic N) is 2. The van der Waals surface area contributed by atoms with Gasteiger partial charge in [0.05, 0.1) is 12.3 Å². The topological polar surface area (TPSA) is 38.1 Å². The fourth-order valence-corrected chi connectivity index (χ4v) is 2.45. The van der Waals surface area contributed by atoms with E-state index in [-0.39, 0.29) is 6.61 Å². The summed E-state index contributed by atoms with van der Waals surface area (Å²) in [6, 6.07) is 6.39. The molecule has 0 spiro atoms. The fourth-order valence-electron chi connectivity index (χ4n) is 2.20. The third-order valence-electron chi connectivity index (χ3n) is 3.50. The summed E-state index contributed by atoms with van der Waals surface area (Å²) in [5.74, 6) is 0.948. The van der Waals surface area contributed by atoms with Crippen LogP contribution in [0, 0.1) is 13.8 Å². The zero-order valence-electron chi connectivity index (χ0n) is 11.6. The minimum absolute atomic E-state index is 0.140. The van der Waals surface area contributed by atoms with Crippen LogP contribution in [0.4, 0.5) is 0 Å². The number of rotatable bonds is 4. The molecule has 0 unspecified atom stereocenters. The van der Waals surface area contributed by atoms with Crippen LogP contribution in [0.1, 0.15) is 28.3 Å².